The number of halogens is 2. The van der Waals surface area contributed by atoms with Crippen molar-refractivity contribution in [1.82, 2.24) is 4.57 Å². The van der Waals surface area contributed by atoms with Crippen LogP contribution >= 0.6 is 15.9 Å². The molecule has 1 aromatic carbocycles. The highest BCUT2D eigenvalue weighted by molar-refractivity contribution is 9.10. The minimum Gasteiger partial charge on any atom is -0.317 e. The maximum Gasteiger partial charge on any atom is 0.151 e. The summed E-state index contributed by atoms with van der Waals surface area (Å²) in [6.45, 7) is 3.78. The fourth-order valence-corrected chi connectivity index (χ4v) is 2.47. The maximum atomic E-state index is 13.0. The van der Waals surface area contributed by atoms with E-state index in [1.54, 1.807) is 6.07 Å². The molecule has 0 fully saturated rings. The number of hydrogen-bond donors (Lipinski definition) is 0. The van der Waals surface area contributed by atoms with Gasteiger partial charge in [-0.25, -0.2) is 4.39 Å². The van der Waals surface area contributed by atoms with Crippen LogP contribution in [0.1, 0.15) is 21.7 Å². The van der Waals surface area contributed by atoms with Gasteiger partial charge in [0.2, 0.25) is 0 Å². The standard InChI is InChI=1S/C13H11BrFNO/c1-8-5-10(7-17)9(2)16(8)13-4-3-11(15)6-12(13)14/h3-7H,1-2H3. The molecular formula is C13H11BrFNO. The van der Waals surface area contributed by atoms with Crippen molar-refractivity contribution < 1.29 is 9.18 Å². The molecule has 1 heterocycles. The first kappa shape index (κ1) is 12.0. The van der Waals surface area contributed by atoms with Crippen LogP contribution in [0, 0.1) is 19.7 Å². The highest BCUT2D eigenvalue weighted by atomic mass is 79.9. The first-order valence-electron chi connectivity index (χ1n) is 5.14. The number of hydrogen-bond acceptors (Lipinski definition) is 1. The van der Waals surface area contributed by atoms with Gasteiger partial charge in [0.1, 0.15) is 5.82 Å². The second kappa shape index (κ2) is 4.45. The Morgan fingerprint density at radius 2 is 2.00 bits per heavy atom. The van der Waals surface area contributed by atoms with E-state index in [0.717, 1.165) is 23.4 Å². The first-order valence-corrected chi connectivity index (χ1v) is 5.93. The molecule has 0 atom stereocenters. The molecule has 0 amide bonds. The molecule has 4 heteroatoms. The van der Waals surface area contributed by atoms with Crippen molar-refractivity contribution in [3.8, 4) is 5.69 Å². The van der Waals surface area contributed by atoms with Crippen LogP contribution in [0.4, 0.5) is 4.39 Å². The number of aryl methyl sites for hydroxylation is 1. The highest BCUT2D eigenvalue weighted by Gasteiger charge is 2.12. The van der Waals surface area contributed by atoms with Gasteiger partial charge in [0.15, 0.2) is 6.29 Å². The Hall–Kier alpha value is -1.42. The fraction of sp³-hybridized carbons (Fsp3) is 0.154. The second-order valence-corrected chi connectivity index (χ2v) is 4.73. The van der Waals surface area contributed by atoms with Crippen LogP contribution in [-0.2, 0) is 0 Å². The predicted molar refractivity (Wildman–Crippen MR) is 68.3 cm³/mol. The topological polar surface area (TPSA) is 22.0 Å². The van der Waals surface area contributed by atoms with Crippen molar-refractivity contribution in [2.24, 2.45) is 0 Å². The maximum absolute atomic E-state index is 13.0. The molecule has 0 aliphatic carbocycles. The van der Waals surface area contributed by atoms with Crippen LogP contribution in [-0.4, -0.2) is 10.9 Å². The third-order valence-corrected chi connectivity index (χ3v) is 3.38. The van der Waals surface area contributed by atoms with Gasteiger partial charge in [-0.2, -0.15) is 0 Å². The lowest BCUT2D eigenvalue weighted by Gasteiger charge is -2.11. The van der Waals surface area contributed by atoms with Gasteiger partial charge in [0.05, 0.1) is 5.69 Å². The Morgan fingerprint density at radius 3 is 2.53 bits per heavy atom. The van der Waals surface area contributed by atoms with E-state index >= 15 is 0 Å². The Labute approximate surface area is 107 Å². The summed E-state index contributed by atoms with van der Waals surface area (Å²) in [6, 6.07) is 6.32. The Balaban J connectivity index is 2.68. The van der Waals surface area contributed by atoms with Crippen molar-refractivity contribution in [3.05, 3.63) is 51.5 Å². The van der Waals surface area contributed by atoms with E-state index in [-0.39, 0.29) is 5.82 Å². The van der Waals surface area contributed by atoms with Gasteiger partial charge in [-0.3, -0.25) is 4.79 Å². The van der Waals surface area contributed by atoms with Crippen molar-refractivity contribution in [2.45, 2.75) is 13.8 Å². The van der Waals surface area contributed by atoms with Crippen LogP contribution < -0.4 is 0 Å². The molecule has 88 valence electrons. The zero-order valence-corrected chi connectivity index (χ0v) is 11.1. The van der Waals surface area contributed by atoms with Gasteiger partial charge in [-0.1, -0.05) is 0 Å². The van der Waals surface area contributed by atoms with Crippen LogP contribution in [0.2, 0.25) is 0 Å². The summed E-state index contributed by atoms with van der Waals surface area (Å²) in [5.74, 6) is -0.293. The molecule has 17 heavy (non-hydrogen) atoms. The zero-order chi connectivity index (χ0) is 12.6. The molecule has 2 rings (SSSR count). The fourth-order valence-electron chi connectivity index (χ4n) is 1.94. The van der Waals surface area contributed by atoms with E-state index < -0.39 is 0 Å². The molecule has 0 aliphatic heterocycles. The van der Waals surface area contributed by atoms with Crippen molar-refractivity contribution in [2.75, 3.05) is 0 Å². The number of rotatable bonds is 2. The monoisotopic (exact) mass is 295 g/mol. The molecule has 0 saturated heterocycles. The lowest BCUT2D eigenvalue weighted by Crippen LogP contribution is -2.00. The third kappa shape index (κ3) is 2.05. The van der Waals surface area contributed by atoms with Gasteiger partial charge in [0, 0.05) is 21.4 Å². The van der Waals surface area contributed by atoms with Gasteiger partial charge in [-0.05, 0) is 54.0 Å². The van der Waals surface area contributed by atoms with E-state index in [1.165, 1.54) is 12.1 Å². The minimum atomic E-state index is -0.293. The number of aldehydes is 1. The second-order valence-electron chi connectivity index (χ2n) is 3.88. The molecule has 2 nitrogen and oxygen atoms in total. The molecule has 2 aromatic rings. The molecule has 0 bridgehead atoms. The molecule has 1 aromatic heterocycles. The minimum absolute atomic E-state index is 0.293. The van der Waals surface area contributed by atoms with Gasteiger partial charge >= 0.3 is 0 Å². The summed E-state index contributed by atoms with van der Waals surface area (Å²) >= 11 is 3.33. The average Bonchev–Trinajstić information content (AvgIpc) is 2.55. The molecule has 0 unspecified atom stereocenters. The number of carbonyl (C=O) groups is 1. The highest BCUT2D eigenvalue weighted by Crippen LogP contribution is 2.26. The molecular weight excluding hydrogens is 285 g/mol. The van der Waals surface area contributed by atoms with E-state index in [9.17, 15) is 9.18 Å². The van der Waals surface area contributed by atoms with Crippen LogP contribution in [0.3, 0.4) is 0 Å². The van der Waals surface area contributed by atoms with Crippen LogP contribution in [0.15, 0.2) is 28.7 Å². The van der Waals surface area contributed by atoms with Crippen LogP contribution in [0.5, 0.6) is 0 Å². The van der Waals surface area contributed by atoms with Crippen molar-refractivity contribution in [3.63, 3.8) is 0 Å². The normalized spacial score (nSPS) is 10.6. The third-order valence-electron chi connectivity index (χ3n) is 2.75. The smallest absolute Gasteiger partial charge is 0.151 e. The van der Waals surface area contributed by atoms with Crippen LogP contribution in [0.25, 0.3) is 5.69 Å². The molecule has 0 radical (unpaired) electrons. The largest absolute Gasteiger partial charge is 0.317 e. The number of aromatic nitrogens is 1. The van der Waals surface area contributed by atoms with E-state index in [4.69, 9.17) is 0 Å². The van der Waals surface area contributed by atoms with Gasteiger partial charge < -0.3 is 4.57 Å². The molecule has 0 saturated carbocycles. The number of carbonyl (C=O) groups excluding carboxylic acids is 1. The van der Waals surface area contributed by atoms with E-state index in [1.807, 2.05) is 24.5 Å². The summed E-state index contributed by atoms with van der Waals surface area (Å²) in [6.07, 6.45) is 0.830. The summed E-state index contributed by atoms with van der Waals surface area (Å²) in [5, 5.41) is 0. The first-order chi connectivity index (χ1) is 8.04. The molecule has 0 N–H and O–H groups in total. The van der Waals surface area contributed by atoms with Gasteiger partial charge in [0.25, 0.3) is 0 Å². The molecule has 0 aliphatic rings. The predicted octanol–water partition coefficient (Wildman–Crippen LogP) is 3.81. The summed E-state index contributed by atoms with van der Waals surface area (Å²) in [4.78, 5) is 10.9. The number of benzene rings is 1. The van der Waals surface area contributed by atoms with E-state index in [0.29, 0.717) is 10.0 Å². The van der Waals surface area contributed by atoms with Gasteiger partial charge in [-0.15, -0.1) is 0 Å². The molecule has 0 spiro atoms. The SMILES string of the molecule is Cc1cc(C=O)c(C)n1-c1ccc(F)cc1Br. The zero-order valence-electron chi connectivity index (χ0n) is 9.50. The summed E-state index contributed by atoms with van der Waals surface area (Å²) in [7, 11) is 0. The van der Waals surface area contributed by atoms with Crippen molar-refractivity contribution >= 4 is 22.2 Å². The summed E-state index contributed by atoms with van der Waals surface area (Å²) in [5.41, 5.74) is 3.27. The Kier molecular flexibility index (Phi) is 3.15. The Bertz CT molecular complexity index is 589. The average molecular weight is 296 g/mol. The number of nitrogens with zero attached hydrogens (tertiary/aromatic N) is 1. The Morgan fingerprint density at radius 1 is 1.29 bits per heavy atom. The van der Waals surface area contributed by atoms with Crippen molar-refractivity contribution in [1.29, 1.82) is 0 Å². The summed E-state index contributed by atoms with van der Waals surface area (Å²) < 4.78 is 15.6. The quantitative estimate of drug-likeness (QED) is 0.772. The van der Waals surface area contributed by atoms with E-state index in [2.05, 4.69) is 15.9 Å². The lowest BCUT2D eigenvalue weighted by molar-refractivity contribution is 0.112. The lowest BCUT2D eigenvalue weighted by atomic mass is 10.2.